The molecule has 0 aliphatic rings. The van der Waals surface area contributed by atoms with Gasteiger partial charge < -0.3 is 10.2 Å². The van der Waals surface area contributed by atoms with Crippen LogP contribution in [-0.4, -0.2) is 16.2 Å². The molecule has 1 aromatic carbocycles. The van der Waals surface area contributed by atoms with Crippen molar-refractivity contribution < 1.29 is 15.0 Å². The SMILES string of the molecule is Cc1c(C(=O)O)cc(CO)cc1C(C)(C)C. The zero-order valence-electron chi connectivity index (χ0n) is 10.2. The Balaban J connectivity index is 3.50. The van der Waals surface area contributed by atoms with Gasteiger partial charge >= 0.3 is 5.97 Å². The van der Waals surface area contributed by atoms with Crippen LogP contribution in [0.5, 0.6) is 0 Å². The van der Waals surface area contributed by atoms with Gasteiger partial charge in [0.05, 0.1) is 12.2 Å². The number of carboxylic acids is 1. The first kappa shape index (κ1) is 12.7. The molecule has 0 bridgehead atoms. The molecule has 0 spiro atoms. The summed E-state index contributed by atoms with van der Waals surface area (Å²) in [6.07, 6.45) is 0. The number of benzene rings is 1. The number of aliphatic hydroxyl groups excluding tert-OH is 1. The van der Waals surface area contributed by atoms with E-state index in [9.17, 15) is 4.79 Å². The summed E-state index contributed by atoms with van der Waals surface area (Å²) < 4.78 is 0. The maximum Gasteiger partial charge on any atom is 0.335 e. The van der Waals surface area contributed by atoms with Crippen molar-refractivity contribution in [2.75, 3.05) is 0 Å². The standard InChI is InChI=1S/C13H18O3/c1-8-10(12(15)16)5-9(7-14)6-11(8)13(2,3)4/h5-6,14H,7H2,1-4H3,(H,15,16). The minimum absolute atomic E-state index is 0.126. The molecule has 0 amide bonds. The lowest BCUT2D eigenvalue weighted by Gasteiger charge is -2.23. The fourth-order valence-electron chi connectivity index (χ4n) is 1.87. The van der Waals surface area contributed by atoms with Crippen LogP contribution in [0, 0.1) is 6.92 Å². The molecule has 0 atom stereocenters. The lowest BCUT2D eigenvalue weighted by Crippen LogP contribution is -2.16. The number of aliphatic hydroxyl groups is 1. The van der Waals surface area contributed by atoms with Crippen LogP contribution in [0.25, 0.3) is 0 Å². The van der Waals surface area contributed by atoms with Crippen LogP contribution >= 0.6 is 0 Å². The number of rotatable bonds is 2. The molecule has 0 aliphatic carbocycles. The third-order valence-electron chi connectivity index (χ3n) is 2.69. The zero-order chi connectivity index (χ0) is 12.5. The molecule has 1 rings (SSSR count). The summed E-state index contributed by atoms with van der Waals surface area (Å²) in [5, 5.41) is 18.2. The second kappa shape index (κ2) is 4.26. The van der Waals surface area contributed by atoms with E-state index in [0.29, 0.717) is 5.56 Å². The third kappa shape index (κ3) is 2.42. The zero-order valence-corrected chi connectivity index (χ0v) is 10.2. The number of carbonyl (C=O) groups is 1. The highest BCUT2D eigenvalue weighted by molar-refractivity contribution is 5.90. The lowest BCUT2D eigenvalue weighted by atomic mass is 9.81. The molecule has 0 radical (unpaired) electrons. The predicted octanol–water partition coefficient (Wildman–Crippen LogP) is 2.48. The molecule has 0 unspecified atom stereocenters. The summed E-state index contributed by atoms with van der Waals surface area (Å²) in [6, 6.07) is 3.41. The lowest BCUT2D eigenvalue weighted by molar-refractivity contribution is 0.0695. The first-order valence-electron chi connectivity index (χ1n) is 5.25. The van der Waals surface area contributed by atoms with Crippen molar-refractivity contribution in [2.24, 2.45) is 0 Å². The highest BCUT2D eigenvalue weighted by Gasteiger charge is 2.21. The van der Waals surface area contributed by atoms with Crippen LogP contribution in [0.15, 0.2) is 12.1 Å². The number of hydrogen-bond acceptors (Lipinski definition) is 2. The topological polar surface area (TPSA) is 57.5 Å². The Morgan fingerprint density at radius 2 is 1.88 bits per heavy atom. The van der Waals surface area contributed by atoms with Gasteiger partial charge in [0.2, 0.25) is 0 Å². The minimum Gasteiger partial charge on any atom is -0.478 e. The Bertz CT molecular complexity index is 414. The van der Waals surface area contributed by atoms with Gasteiger partial charge in [-0.3, -0.25) is 0 Å². The number of aromatic carboxylic acids is 1. The molecule has 0 aromatic heterocycles. The second-order valence-electron chi connectivity index (χ2n) is 5.03. The normalized spacial score (nSPS) is 11.6. The smallest absolute Gasteiger partial charge is 0.335 e. The predicted molar refractivity (Wildman–Crippen MR) is 62.8 cm³/mol. The van der Waals surface area contributed by atoms with Gasteiger partial charge in [-0.25, -0.2) is 4.79 Å². The van der Waals surface area contributed by atoms with Crippen LogP contribution in [-0.2, 0) is 12.0 Å². The van der Waals surface area contributed by atoms with E-state index in [1.54, 1.807) is 0 Å². The van der Waals surface area contributed by atoms with Crippen molar-refractivity contribution >= 4 is 5.97 Å². The average Bonchev–Trinajstić information content (AvgIpc) is 2.15. The van der Waals surface area contributed by atoms with Crippen molar-refractivity contribution in [3.8, 4) is 0 Å². The van der Waals surface area contributed by atoms with Gasteiger partial charge in [-0.1, -0.05) is 26.8 Å². The molecule has 0 heterocycles. The molecule has 0 fully saturated rings. The highest BCUT2D eigenvalue weighted by Crippen LogP contribution is 2.29. The summed E-state index contributed by atoms with van der Waals surface area (Å²) in [7, 11) is 0. The molecule has 2 N–H and O–H groups in total. The Kier molecular flexibility index (Phi) is 3.38. The first-order valence-corrected chi connectivity index (χ1v) is 5.25. The summed E-state index contributed by atoms with van der Waals surface area (Å²) in [4.78, 5) is 11.1. The third-order valence-corrected chi connectivity index (χ3v) is 2.69. The number of carboxylic acid groups (broad SMARTS) is 1. The van der Waals surface area contributed by atoms with Crippen LogP contribution in [0.4, 0.5) is 0 Å². The molecular formula is C13H18O3. The van der Waals surface area contributed by atoms with Gasteiger partial charge in [0.15, 0.2) is 0 Å². The summed E-state index contributed by atoms with van der Waals surface area (Å²) >= 11 is 0. The van der Waals surface area contributed by atoms with Crippen molar-refractivity contribution in [2.45, 2.75) is 39.7 Å². The van der Waals surface area contributed by atoms with Crippen LogP contribution in [0.2, 0.25) is 0 Å². The summed E-state index contributed by atoms with van der Waals surface area (Å²) in [5.41, 5.74) is 2.54. The minimum atomic E-state index is -0.946. The molecule has 0 saturated heterocycles. The molecule has 0 saturated carbocycles. The second-order valence-corrected chi connectivity index (χ2v) is 5.03. The molecule has 1 aromatic rings. The Morgan fingerprint density at radius 1 is 1.31 bits per heavy atom. The average molecular weight is 222 g/mol. The van der Waals surface area contributed by atoms with Gasteiger partial charge in [-0.2, -0.15) is 0 Å². The Hall–Kier alpha value is -1.35. The summed E-state index contributed by atoms with van der Waals surface area (Å²) in [5.74, 6) is -0.946. The molecule has 88 valence electrons. The molecule has 3 nitrogen and oxygen atoms in total. The summed E-state index contributed by atoms with van der Waals surface area (Å²) in [6.45, 7) is 7.77. The van der Waals surface area contributed by atoms with Gasteiger partial charge in [0, 0.05) is 0 Å². The monoisotopic (exact) mass is 222 g/mol. The molecule has 0 aliphatic heterocycles. The fraction of sp³-hybridized carbons (Fsp3) is 0.462. The van der Waals surface area contributed by atoms with Gasteiger partial charge in [0.25, 0.3) is 0 Å². The van der Waals surface area contributed by atoms with E-state index in [-0.39, 0.29) is 17.6 Å². The van der Waals surface area contributed by atoms with Crippen LogP contribution in [0.1, 0.15) is 47.8 Å². The van der Waals surface area contributed by atoms with E-state index >= 15 is 0 Å². The van der Waals surface area contributed by atoms with E-state index in [1.807, 2.05) is 33.8 Å². The molecule has 16 heavy (non-hydrogen) atoms. The van der Waals surface area contributed by atoms with Gasteiger partial charge in [-0.15, -0.1) is 0 Å². The van der Waals surface area contributed by atoms with E-state index in [0.717, 1.165) is 11.1 Å². The fourth-order valence-corrected chi connectivity index (χ4v) is 1.87. The Morgan fingerprint density at radius 3 is 2.25 bits per heavy atom. The highest BCUT2D eigenvalue weighted by atomic mass is 16.4. The van der Waals surface area contributed by atoms with E-state index in [4.69, 9.17) is 10.2 Å². The van der Waals surface area contributed by atoms with Crippen LogP contribution in [0.3, 0.4) is 0 Å². The van der Waals surface area contributed by atoms with Crippen molar-refractivity contribution in [3.05, 3.63) is 34.4 Å². The van der Waals surface area contributed by atoms with Crippen molar-refractivity contribution in [3.63, 3.8) is 0 Å². The first-order chi connectivity index (χ1) is 7.27. The van der Waals surface area contributed by atoms with E-state index in [2.05, 4.69) is 0 Å². The van der Waals surface area contributed by atoms with Crippen molar-refractivity contribution in [1.82, 2.24) is 0 Å². The van der Waals surface area contributed by atoms with Gasteiger partial charge in [-0.05, 0) is 35.1 Å². The van der Waals surface area contributed by atoms with Crippen molar-refractivity contribution in [1.29, 1.82) is 0 Å². The molecular weight excluding hydrogens is 204 g/mol. The van der Waals surface area contributed by atoms with E-state index in [1.165, 1.54) is 6.07 Å². The maximum absolute atomic E-state index is 11.1. The Labute approximate surface area is 95.7 Å². The maximum atomic E-state index is 11.1. The van der Waals surface area contributed by atoms with E-state index < -0.39 is 5.97 Å². The van der Waals surface area contributed by atoms with Crippen LogP contribution < -0.4 is 0 Å². The quantitative estimate of drug-likeness (QED) is 0.808. The molecule has 3 heteroatoms. The number of hydrogen-bond donors (Lipinski definition) is 2. The largest absolute Gasteiger partial charge is 0.478 e. The van der Waals surface area contributed by atoms with Gasteiger partial charge in [0.1, 0.15) is 0 Å².